The molecule has 1 saturated heterocycles. The molecule has 0 aliphatic carbocycles. The molecule has 0 aromatic rings. The number of β-amino-alcohol motifs (C(OH)–C–C–N with tert-alkyl or cyclic N) is 1. The SMILES string of the molecule is COC(=O)CCNCC(O)CN1CCOCC1. The summed E-state index contributed by atoms with van der Waals surface area (Å²) in [6.07, 6.45) is -0.0772. The quantitative estimate of drug-likeness (QED) is 0.436. The summed E-state index contributed by atoms with van der Waals surface area (Å²) in [7, 11) is 1.37. The van der Waals surface area contributed by atoms with Gasteiger partial charge in [-0.3, -0.25) is 9.69 Å². The zero-order valence-electron chi connectivity index (χ0n) is 10.4. The Kier molecular flexibility index (Phi) is 7.11. The summed E-state index contributed by atoms with van der Waals surface area (Å²) >= 11 is 0. The minimum atomic E-state index is -0.411. The van der Waals surface area contributed by atoms with E-state index in [1.165, 1.54) is 7.11 Å². The molecule has 0 saturated carbocycles. The maximum absolute atomic E-state index is 10.8. The molecular formula is C11H22N2O4. The summed E-state index contributed by atoms with van der Waals surface area (Å²) in [5.41, 5.74) is 0. The Bertz CT molecular complexity index is 220. The van der Waals surface area contributed by atoms with E-state index in [0.717, 1.165) is 26.3 Å². The van der Waals surface area contributed by atoms with E-state index >= 15 is 0 Å². The van der Waals surface area contributed by atoms with Crippen LogP contribution in [0.3, 0.4) is 0 Å². The molecule has 1 unspecified atom stereocenters. The molecule has 0 aromatic carbocycles. The second-order valence-corrected chi connectivity index (χ2v) is 4.10. The summed E-state index contributed by atoms with van der Waals surface area (Å²) in [4.78, 5) is 13.0. The van der Waals surface area contributed by atoms with Gasteiger partial charge in [-0.25, -0.2) is 0 Å². The van der Waals surface area contributed by atoms with Crippen LogP contribution in [0.25, 0.3) is 0 Å². The lowest BCUT2D eigenvalue weighted by molar-refractivity contribution is -0.140. The molecule has 1 aliphatic heterocycles. The van der Waals surface area contributed by atoms with Gasteiger partial charge in [-0.2, -0.15) is 0 Å². The third-order valence-electron chi connectivity index (χ3n) is 2.69. The number of nitrogens with zero attached hydrogens (tertiary/aromatic N) is 1. The Morgan fingerprint density at radius 1 is 1.53 bits per heavy atom. The first-order valence-corrected chi connectivity index (χ1v) is 5.98. The Morgan fingerprint density at radius 3 is 2.88 bits per heavy atom. The highest BCUT2D eigenvalue weighted by Crippen LogP contribution is 1.98. The molecular weight excluding hydrogens is 224 g/mol. The molecule has 100 valence electrons. The second-order valence-electron chi connectivity index (χ2n) is 4.10. The van der Waals surface area contributed by atoms with Crippen molar-refractivity contribution in [2.75, 3.05) is 53.0 Å². The van der Waals surface area contributed by atoms with E-state index < -0.39 is 6.10 Å². The molecule has 0 amide bonds. The van der Waals surface area contributed by atoms with Gasteiger partial charge < -0.3 is 19.9 Å². The molecule has 2 N–H and O–H groups in total. The van der Waals surface area contributed by atoms with Gasteiger partial charge in [0.25, 0.3) is 0 Å². The first-order chi connectivity index (χ1) is 8.22. The van der Waals surface area contributed by atoms with Crippen LogP contribution in [0.15, 0.2) is 0 Å². The van der Waals surface area contributed by atoms with Crippen LogP contribution in [0.1, 0.15) is 6.42 Å². The molecule has 1 heterocycles. The number of ether oxygens (including phenoxy) is 2. The monoisotopic (exact) mass is 246 g/mol. The Balaban J connectivity index is 2.00. The molecule has 0 aromatic heterocycles. The summed E-state index contributed by atoms with van der Waals surface area (Å²) in [6.45, 7) is 4.90. The highest BCUT2D eigenvalue weighted by Gasteiger charge is 2.14. The number of rotatable bonds is 7. The number of hydrogen-bond acceptors (Lipinski definition) is 6. The van der Waals surface area contributed by atoms with Crippen molar-refractivity contribution >= 4 is 5.97 Å². The molecule has 17 heavy (non-hydrogen) atoms. The molecule has 1 fully saturated rings. The van der Waals surface area contributed by atoms with Gasteiger partial charge in [0.15, 0.2) is 0 Å². The normalized spacial score (nSPS) is 18.9. The molecule has 1 rings (SSSR count). The fraction of sp³-hybridized carbons (Fsp3) is 0.909. The standard InChI is InChI=1S/C11H22N2O4/c1-16-11(15)2-3-12-8-10(14)9-13-4-6-17-7-5-13/h10,12,14H,2-9H2,1H3. The highest BCUT2D eigenvalue weighted by atomic mass is 16.5. The van der Waals surface area contributed by atoms with Crippen molar-refractivity contribution < 1.29 is 19.4 Å². The lowest BCUT2D eigenvalue weighted by Gasteiger charge is -2.28. The molecule has 0 radical (unpaired) electrons. The van der Waals surface area contributed by atoms with Crippen LogP contribution in [-0.4, -0.2) is 75.1 Å². The first-order valence-electron chi connectivity index (χ1n) is 5.98. The molecule has 1 aliphatic rings. The van der Waals surface area contributed by atoms with Gasteiger partial charge >= 0.3 is 5.97 Å². The third kappa shape index (κ3) is 6.58. The van der Waals surface area contributed by atoms with Gasteiger partial charge in [-0.1, -0.05) is 0 Å². The van der Waals surface area contributed by atoms with Crippen LogP contribution in [0.4, 0.5) is 0 Å². The Morgan fingerprint density at radius 2 is 2.24 bits per heavy atom. The van der Waals surface area contributed by atoms with Crippen molar-refractivity contribution in [2.45, 2.75) is 12.5 Å². The summed E-state index contributed by atoms with van der Waals surface area (Å²) < 4.78 is 9.74. The number of morpholine rings is 1. The molecule has 0 bridgehead atoms. The van der Waals surface area contributed by atoms with Gasteiger partial charge in [0.2, 0.25) is 0 Å². The topological polar surface area (TPSA) is 71.0 Å². The zero-order chi connectivity index (χ0) is 12.5. The fourth-order valence-corrected chi connectivity index (χ4v) is 1.71. The number of hydrogen-bond donors (Lipinski definition) is 2. The van der Waals surface area contributed by atoms with Crippen molar-refractivity contribution in [1.82, 2.24) is 10.2 Å². The third-order valence-corrected chi connectivity index (χ3v) is 2.69. The van der Waals surface area contributed by atoms with Gasteiger partial charge in [-0.05, 0) is 0 Å². The smallest absolute Gasteiger partial charge is 0.306 e. The maximum Gasteiger partial charge on any atom is 0.306 e. The van der Waals surface area contributed by atoms with Gasteiger partial charge in [-0.15, -0.1) is 0 Å². The summed E-state index contributed by atoms with van der Waals surface area (Å²) in [6, 6.07) is 0. The Labute approximate surface area is 102 Å². The number of esters is 1. The van der Waals surface area contributed by atoms with Gasteiger partial charge in [0, 0.05) is 32.7 Å². The molecule has 6 nitrogen and oxygen atoms in total. The first kappa shape index (κ1) is 14.4. The summed E-state index contributed by atoms with van der Waals surface area (Å²) in [5.74, 6) is -0.236. The van der Waals surface area contributed by atoms with E-state index in [4.69, 9.17) is 4.74 Å². The average Bonchev–Trinajstić information content (AvgIpc) is 2.35. The van der Waals surface area contributed by atoms with Crippen molar-refractivity contribution in [3.05, 3.63) is 0 Å². The van der Waals surface area contributed by atoms with Crippen LogP contribution >= 0.6 is 0 Å². The molecule has 0 spiro atoms. The van der Waals surface area contributed by atoms with Crippen molar-refractivity contribution in [3.63, 3.8) is 0 Å². The zero-order valence-corrected chi connectivity index (χ0v) is 10.4. The van der Waals surface area contributed by atoms with Crippen LogP contribution in [0, 0.1) is 0 Å². The number of aliphatic hydroxyl groups excluding tert-OH is 1. The average molecular weight is 246 g/mol. The van der Waals surface area contributed by atoms with Crippen LogP contribution in [0.5, 0.6) is 0 Å². The lowest BCUT2D eigenvalue weighted by Crippen LogP contribution is -2.43. The van der Waals surface area contributed by atoms with Crippen molar-refractivity contribution in [3.8, 4) is 0 Å². The van der Waals surface area contributed by atoms with Gasteiger partial charge in [0.05, 0.1) is 32.8 Å². The van der Waals surface area contributed by atoms with Crippen molar-refractivity contribution in [1.29, 1.82) is 0 Å². The largest absolute Gasteiger partial charge is 0.469 e. The van der Waals surface area contributed by atoms with E-state index in [0.29, 0.717) is 26.1 Å². The number of nitrogens with one attached hydrogen (secondary N) is 1. The summed E-state index contributed by atoms with van der Waals surface area (Å²) in [5, 5.41) is 12.8. The van der Waals surface area contributed by atoms with Crippen LogP contribution in [0.2, 0.25) is 0 Å². The van der Waals surface area contributed by atoms with E-state index in [1.807, 2.05) is 0 Å². The van der Waals surface area contributed by atoms with Crippen LogP contribution < -0.4 is 5.32 Å². The predicted molar refractivity (Wildman–Crippen MR) is 62.8 cm³/mol. The maximum atomic E-state index is 10.8. The molecule has 1 atom stereocenters. The lowest BCUT2D eigenvalue weighted by atomic mass is 10.3. The number of carbonyl (C=O) groups is 1. The van der Waals surface area contributed by atoms with E-state index in [1.54, 1.807) is 0 Å². The molecule has 6 heteroatoms. The van der Waals surface area contributed by atoms with Gasteiger partial charge in [0.1, 0.15) is 0 Å². The Hall–Kier alpha value is -0.690. The second kappa shape index (κ2) is 8.41. The minimum Gasteiger partial charge on any atom is -0.469 e. The van der Waals surface area contributed by atoms with E-state index in [2.05, 4.69) is 15.0 Å². The predicted octanol–water partition coefficient (Wildman–Crippen LogP) is -1.17. The number of carbonyl (C=O) groups excluding carboxylic acids is 1. The van der Waals surface area contributed by atoms with E-state index in [-0.39, 0.29) is 5.97 Å². The highest BCUT2D eigenvalue weighted by molar-refractivity contribution is 5.69. The minimum absolute atomic E-state index is 0.236. The number of aliphatic hydroxyl groups is 1. The van der Waals surface area contributed by atoms with Crippen molar-refractivity contribution in [2.24, 2.45) is 0 Å². The van der Waals surface area contributed by atoms with Crippen LogP contribution in [-0.2, 0) is 14.3 Å². The number of methoxy groups -OCH3 is 1. The fourth-order valence-electron chi connectivity index (χ4n) is 1.71. The van der Waals surface area contributed by atoms with E-state index in [9.17, 15) is 9.90 Å².